The third kappa shape index (κ3) is 2.95. The Morgan fingerprint density at radius 2 is 2.04 bits per heavy atom. The van der Waals surface area contributed by atoms with Gasteiger partial charge in [0.25, 0.3) is 0 Å². The van der Waals surface area contributed by atoms with E-state index in [-0.39, 0.29) is 6.42 Å². The van der Waals surface area contributed by atoms with Crippen molar-refractivity contribution in [3.8, 4) is 10.8 Å². The molecule has 28 heavy (non-hydrogen) atoms. The molecule has 0 unspecified atom stereocenters. The number of carboxylic acids is 1. The van der Waals surface area contributed by atoms with E-state index >= 15 is 0 Å². The molecule has 0 amide bonds. The predicted octanol–water partition coefficient (Wildman–Crippen LogP) is 3.64. The number of nitrogens with zero attached hydrogens (tertiary/aromatic N) is 3. The molecule has 0 bridgehead atoms. The zero-order valence-corrected chi connectivity index (χ0v) is 16.5. The summed E-state index contributed by atoms with van der Waals surface area (Å²) < 4.78 is 9.92. The first-order valence-electron chi connectivity index (χ1n) is 8.81. The highest BCUT2D eigenvalue weighted by molar-refractivity contribution is 7.21. The van der Waals surface area contributed by atoms with Crippen LogP contribution in [0.3, 0.4) is 0 Å². The molecule has 3 heterocycles. The van der Waals surface area contributed by atoms with Crippen LogP contribution in [0, 0.1) is 13.8 Å². The average Bonchev–Trinajstić information content (AvgIpc) is 3.35. The second kappa shape index (κ2) is 6.79. The summed E-state index contributed by atoms with van der Waals surface area (Å²) in [5.41, 5.74) is 2.40. The first kappa shape index (κ1) is 18.2. The number of fused-ring (bicyclic) bond motifs is 1. The summed E-state index contributed by atoms with van der Waals surface area (Å²) in [7, 11) is 1.80. The molecule has 0 aliphatic heterocycles. The Labute approximate surface area is 165 Å². The molecule has 0 saturated heterocycles. The van der Waals surface area contributed by atoms with Crippen LogP contribution in [0.25, 0.3) is 21.0 Å². The van der Waals surface area contributed by atoms with E-state index in [0.717, 1.165) is 25.6 Å². The molecule has 7 nitrogen and oxygen atoms in total. The number of carbonyl (C=O) groups is 1. The monoisotopic (exact) mass is 398 g/mol. The van der Waals surface area contributed by atoms with Crippen LogP contribution in [0.1, 0.15) is 35.3 Å². The van der Waals surface area contributed by atoms with Gasteiger partial charge in [-0.15, -0.1) is 11.3 Å². The summed E-state index contributed by atoms with van der Waals surface area (Å²) >= 11 is 1.52. The van der Waals surface area contributed by atoms with E-state index in [1.54, 1.807) is 30.7 Å². The van der Waals surface area contributed by atoms with Gasteiger partial charge in [0, 0.05) is 13.8 Å². The molecule has 3 aromatic heterocycles. The number of thiazole rings is 1. The molecule has 1 atom stereocenters. The van der Waals surface area contributed by atoms with Crippen molar-refractivity contribution in [3.63, 3.8) is 0 Å². The highest BCUT2D eigenvalue weighted by Gasteiger charge is 2.36. The number of benzene rings is 1. The normalized spacial score (nSPS) is 12.5. The maximum Gasteiger partial charge on any atom is 0.307 e. The van der Waals surface area contributed by atoms with Crippen LogP contribution in [0.15, 0.2) is 40.8 Å². The number of carboxylic acid groups (broad SMARTS) is 1. The fraction of sp³-hybridized carbons (Fsp3) is 0.250. The van der Waals surface area contributed by atoms with Gasteiger partial charge in [-0.05, 0) is 29.0 Å². The topological polar surface area (TPSA) is 92.4 Å². The Balaban J connectivity index is 1.78. The van der Waals surface area contributed by atoms with Gasteiger partial charge in [-0.1, -0.05) is 12.1 Å². The van der Waals surface area contributed by atoms with Crippen LogP contribution in [-0.4, -0.2) is 26.0 Å². The minimum atomic E-state index is -0.973. The number of para-hydroxylation sites is 1. The van der Waals surface area contributed by atoms with E-state index in [0.29, 0.717) is 23.0 Å². The van der Waals surface area contributed by atoms with Crippen molar-refractivity contribution in [2.45, 2.75) is 26.2 Å². The lowest BCUT2D eigenvalue weighted by molar-refractivity contribution is -0.687. The molecule has 0 spiro atoms. The van der Waals surface area contributed by atoms with Crippen molar-refractivity contribution in [1.29, 1.82) is 0 Å². The molecular weight excluding hydrogens is 378 g/mol. The maximum absolute atomic E-state index is 11.5. The summed E-state index contributed by atoms with van der Waals surface area (Å²) in [6.07, 6.45) is -0.204. The number of hydrogen-bond acceptors (Lipinski definition) is 5. The van der Waals surface area contributed by atoms with Gasteiger partial charge in [0.15, 0.2) is 16.5 Å². The molecule has 4 aromatic rings. The van der Waals surface area contributed by atoms with Crippen molar-refractivity contribution >= 4 is 27.5 Å². The molecule has 0 radical (unpaired) electrons. The van der Waals surface area contributed by atoms with Gasteiger partial charge in [0.1, 0.15) is 17.4 Å². The van der Waals surface area contributed by atoms with Crippen molar-refractivity contribution in [3.05, 3.63) is 59.4 Å². The summed E-state index contributed by atoms with van der Waals surface area (Å²) in [5, 5.41) is 20.7. The van der Waals surface area contributed by atoms with E-state index in [4.69, 9.17) is 4.42 Å². The summed E-state index contributed by atoms with van der Waals surface area (Å²) in [6, 6.07) is 11.4. The third-order valence-electron chi connectivity index (χ3n) is 5.07. The van der Waals surface area contributed by atoms with Crippen LogP contribution in [0.5, 0.6) is 0 Å². The number of imidazole rings is 1. The van der Waals surface area contributed by atoms with Gasteiger partial charge < -0.3 is 14.7 Å². The SMILES string of the molecule is Cc1c(C)[n+](C)c([C@H](CC(=O)O)c2ccc(-c3nc4ccccc4s3)o2)n1O. The van der Waals surface area contributed by atoms with Gasteiger partial charge in [-0.3, -0.25) is 4.79 Å². The molecule has 2 N–H and O–H groups in total. The molecule has 0 aliphatic rings. The summed E-state index contributed by atoms with van der Waals surface area (Å²) in [6.45, 7) is 3.66. The molecule has 8 heteroatoms. The van der Waals surface area contributed by atoms with Crippen LogP contribution in [0.2, 0.25) is 0 Å². The number of hydrogen-bond donors (Lipinski definition) is 2. The number of rotatable bonds is 5. The summed E-state index contributed by atoms with van der Waals surface area (Å²) in [5.74, 6) is -0.0936. The minimum absolute atomic E-state index is 0.204. The van der Waals surface area contributed by atoms with Crippen molar-refractivity contribution in [2.24, 2.45) is 7.05 Å². The lowest BCUT2D eigenvalue weighted by Gasteiger charge is -2.09. The van der Waals surface area contributed by atoms with Gasteiger partial charge in [0.05, 0.1) is 23.7 Å². The highest BCUT2D eigenvalue weighted by Crippen LogP contribution is 2.35. The van der Waals surface area contributed by atoms with Gasteiger partial charge in [-0.25, -0.2) is 9.55 Å². The van der Waals surface area contributed by atoms with E-state index < -0.39 is 11.9 Å². The highest BCUT2D eigenvalue weighted by atomic mass is 32.1. The van der Waals surface area contributed by atoms with Crippen LogP contribution < -0.4 is 4.57 Å². The Hall–Kier alpha value is -3.13. The van der Waals surface area contributed by atoms with E-state index in [9.17, 15) is 15.1 Å². The lowest BCUT2D eigenvalue weighted by atomic mass is 10.0. The average molecular weight is 398 g/mol. The minimum Gasteiger partial charge on any atom is -0.481 e. The molecular formula is C20H20N3O4S+. The van der Waals surface area contributed by atoms with Crippen molar-refractivity contribution in [2.75, 3.05) is 0 Å². The third-order valence-corrected chi connectivity index (χ3v) is 6.12. The van der Waals surface area contributed by atoms with Crippen molar-refractivity contribution in [1.82, 2.24) is 9.71 Å². The number of aliphatic carboxylic acids is 1. The van der Waals surface area contributed by atoms with Gasteiger partial charge in [0.2, 0.25) is 0 Å². The van der Waals surface area contributed by atoms with E-state index in [1.807, 2.05) is 31.2 Å². The zero-order chi connectivity index (χ0) is 20.0. The fourth-order valence-corrected chi connectivity index (χ4v) is 4.32. The zero-order valence-electron chi connectivity index (χ0n) is 15.7. The first-order chi connectivity index (χ1) is 13.4. The second-order valence-electron chi connectivity index (χ2n) is 6.74. The predicted molar refractivity (Wildman–Crippen MR) is 104 cm³/mol. The lowest BCUT2D eigenvalue weighted by Crippen LogP contribution is -2.37. The Morgan fingerprint density at radius 1 is 1.29 bits per heavy atom. The Bertz CT molecular complexity index is 1130. The second-order valence-corrected chi connectivity index (χ2v) is 7.77. The molecule has 4 rings (SSSR count). The fourth-order valence-electron chi connectivity index (χ4n) is 3.39. The molecule has 144 valence electrons. The molecule has 0 saturated carbocycles. The van der Waals surface area contributed by atoms with Crippen LogP contribution >= 0.6 is 11.3 Å². The van der Waals surface area contributed by atoms with E-state index in [2.05, 4.69) is 4.98 Å². The Kier molecular flexibility index (Phi) is 4.43. The van der Waals surface area contributed by atoms with Gasteiger partial charge >= 0.3 is 11.8 Å². The van der Waals surface area contributed by atoms with Crippen LogP contribution in [-0.2, 0) is 11.8 Å². The van der Waals surface area contributed by atoms with Gasteiger partial charge in [-0.2, -0.15) is 0 Å². The Morgan fingerprint density at radius 3 is 2.68 bits per heavy atom. The van der Waals surface area contributed by atoms with Crippen molar-refractivity contribution < 1.29 is 24.1 Å². The van der Waals surface area contributed by atoms with Crippen LogP contribution in [0.4, 0.5) is 0 Å². The standard InChI is InChI=1S/C20H19N3O4S/c1-11-12(2)23(26)20(22(11)3)13(10-18(24)25)15-8-9-16(27-15)19-21-14-6-4-5-7-17(14)28-19/h4-9,13H,10H2,1-3H3,(H-,24,25,26)/p+1/t13-/m1/s1. The first-order valence-corrected chi connectivity index (χ1v) is 9.63. The number of furan rings is 1. The molecule has 1 aromatic carbocycles. The maximum atomic E-state index is 11.5. The molecule has 0 fully saturated rings. The summed E-state index contributed by atoms with van der Waals surface area (Å²) in [4.78, 5) is 16.1. The van der Waals surface area contributed by atoms with E-state index in [1.165, 1.54) is 11.3 Å². The number of aromatic nitrogens is 3. The smallest absolute Gasteiger partial charge is 0.307 e. The molecule has 0 aliphatic carbocycles. The quantitative estimate of drug-likeness (QED) is 0.395. The largest absolute Gasteiger partial charge is 0.481 e.